The monoisotopic (exact) mass is 350 g/mol. The van der Waals surface area contributed by atoms with Gasteiger partial charge >= 0.3 is 11.9 Å². The van der Waals surface area contributed by atoms with Crippen LogP contribution in [-0.2, 0) is 0 Å². The number of rotatable bonds is 4. The van der Waals surface area contributed by atoms with Crippen LogP contribution in [0.15, 0.2) is 60.7 Å². The maximum Gasteiger partial charge on any atom is 0.336 e. The van der Waals surface area contributed by atoms with Gasteiger partial charge < -0.3 is 20.4 Å². The van der Waals surface area contributed by atoms with Crippen molar-refractivity contribution in [2.24, 2.45) is 0 Å². The molecule has 0 radical (unpaired) electrons. The summed E-state index contributed by atoms with van der Waals surface area (Å²) in [5, 5.41) is 39.4. The molecule has 3 aromatic carbocycles. The third-order valence-corrected chi connectivity index (χ3v) is 4.01. The van der Waals surface area contributed by atoms with E-state index in [-0.39, 0.29) is 39.3 Å². The number of phenols is 2. The molecule has 3 aromatic rings. The molecular formula is C20H14O6. The maximum atomic E-state index is 11.7. The maximum absolute atomic E-state index is 11.7. The standard InChI is InChI=1S/C20H14O6/c21-15-9-4-10-16(22)18(15)12-6-2-1-5-11(12)17-13(19(23)24)7-3-8-14(17)20(25)26/h1-10,21-22H,(H,23,24)(H,25,26). The minimum atomic E-state index is -1.28. The molecule has 4 N–H and O–H groups in total. The number of aromatic carboxylic acids is 2. The molecule has 26 heavy (non-hydrogen) atoms. The number of hydrogen-bond acceptors (Lipinski definition) is 4. The fraction of sp³-hybridized carbons (Fsp3) is 0. The van der Waals surface area contributed by atoms with E-state index in [1.165, 1.54) is 36.4 Å². The minimum Gasteiger partial charge on any atom is -0.507 e. The first kappa shape index (κ1) is 17.0. The van der Waals surface area contributed by atoms with Crippen LogP contribution >= 0.6 is 0 Å². The van der Waals surface area contributed by atoms with E-state index in [9.17, 15) is 30.0 Å². The number of carboxylic acids is 2. The van der Waals surface area contributed by atoms with Gasteiger partial charge in [0.25, 0.3) is 0 Å². The fourth-order valence-electron chi connectivity index (χ4n) is 2.92. The van der Waals surface area contributed by atoms with E-state index < -0.39 is 11.9 Å². The third-order valence-electron chi connectivity index (χ3n) is 4.01. The number of hydrogen-bond donors (Lipinski definition) is 4. The lowest BCUT2D eigenvalue weighted by atomic mass is 9.88. The zero-order chi connectivity index (χ0) is 18.8. The Kier molecular flexibility index (Phi) is 4.33. The normalized spacial score (nSPS) is 10.5. The van der Waals surface area contributed by atoms with Crippen molar-refractivity contribution >= 4 is 11.9 Å². The summed E-state index contributed by atoms with van der Waals surface area (Å²) in [6.45, 7) is 0. The second-order valence-corrected chi connectivity index (χ2v) is 5.56. The molecule has 0 aliphatic carbocycles. The lowest BCUT2D eigenvalue weighted by Gasteiger charge is -2.16. The first-order chi connectivity index (χ1) is 12.4. The molecule has 0 spiro atoms. The first-order valence-electron chi connectivity index (χ1n) is 7.62. The van der Waals surface area contributed by atoms with Gasteiger partial charge in [-0.3, -0.25) is 0 Å². The second kappa shape index (κ2) is 6.60. The summed E-state index contributed by atoms with van der Waals surface area (Å²) < 4.78 is 0. The van der Waals surface area contributed by atoms with E-state index in [0.717, 1.165) is 0 Å². The van der Waals surface area contributed by atoms with Gasteiger partial charge in [0.05, 0.1) is 16.7 Å². The zero-order valence-electron chi connectivity index (χ0n) is 13.4. The minimum absolute atomic E-state index is 0.00533. The largest absolute Gasteiger partial charge is 0.507 e. The number of aromatic hydroxyl groups is 2. The van der Waals surface area contributed by atoms with E-state index in [0.29, 0.717) is 5.56 Å². The second-order valence-electron chi connectivity index (χ2n) is 5.56. The molecule has 0 aliphatic heterocycles. The molecule has 0 amide bonds. The Bertz CT molecular complexity index is 970. The Morgan fingerprint density at radius 2 is 1.00 bits per heavy atom. The molecular weight excluding hydrogens is 336 g/mol. The predicted octanol–water partition coefficient (Wildman–Crippen LogP) is 3.83. The van der Waals surface area contributed by atoms with Gasteiger partial charge in [0.1, 0.15) is 11.5 Å². The van der Waals surface area contributed by atoms with Crippen molar-refractivity contribution < 1.29 is 30.0 Å². The van der Waals surface area contributed by atoms with Crippen molar-refractivity contribution in [3.05, 3.63) is 71.8 Å². The predicted molar refractivity (Wildman–Crippen MR) is 94.6 cm³/mol. The molecule has 0 atom stereocenters. The molecule has 0 aromatic heterocycles. The molecule has 0 bridgehead atoms. The highest BCUT2D eigenvalue weighted by Crippen LogP contribution is 2.43. The van der Waals surface area contributed by atoms with Gasteiger partial charge in [-0.25, -0.2) is 9.59 Å². The van der Waals surface area contributed by atoms with Gasteiger partial charge in [0.15, 0.2) is 0 Å². The van der Waals surface area contributed by atoms with Gasteiger partial charge in [-0.1, -0.05) is 36.4 Å². The van der Waals surface area contributed by atoms with Gasteiger partial charge in [0, 0.05) is 5.56 Å². The van der Waals surface area contributed by atoms with Crippen molar-refractivity contribution in [3.8, 4) is 33.8 Å². The average Bonchev–Trinajstić information content (AvgIpc) is 2.61. The topological polar surface area (TPSA) is 115 Å². The summed E-state index contributed by atoms with van der Waals surface area (Å²) in [5.41, 5.74) is 0.323. The van der Waals surface area contributed by atoms with Crippen LogP contribution in [0.3, 0.4) is 0 Å². The van der Waals surface area contributed by atoms with Crippen LogP contribution in [0.25, 0.3) is 22.3 Å². The quantitative estimate of drug-likeness (QED) is 0.568. The summed E-state index contributed by atoms with van der Waals surface area (Å²) in [5.74, 6) is -2.97. The fourth-order valence-corrected chi connectivity index (χ4v) is 2.92. The molecule has 0 unspecified atom stereocenters. The molecule has 0 aliphatic rings. The first-order valence-corrected chi connectivity index (χ1v) is 7.62. The Balaban J connectivity index is 2.42. The lowest BCUT2D eigenvalue weighted by Crippen LogP contribution is -2.07. The van der Waals surface area contributed by atoms with E-state index in [1.807, 2.05) is 0 Å². The van der Waals surface area contributed by atoms with Crippen LogP contribution in [-0.4, -0.2) is 32.4 Å². The van der Waals surface area contributed by atoms with E-state index in [2.05, 4.69) is 0 Å². The SMILES string of the molecule is O=C(O)c1cccc(C(=O)O)c1-c1ccccc1-c1c(O)cccc1O. The highest BCUT2D eigenvalue weighted by atomic mass is 16.4. The molecule has 3 rings (SSSR count). The summed E-state index contributed by atoms with van der Waals surface area (Å²) >= 11 is 0. The Hall–Kier alpha value is -3.80. The van der Waals surface area contributed by atoms with Gasteiger partial charge in [-0.05, 0) is 35.4 Å². The number of carboxylic acid groups (broad SMARTS) is 2. The van der Waals surface area contributed by atoms with Crippen molar-refractivity contribution in [3.63, 3.8) is 0 Å². The third kappa shape index (κ3) is 2.84. The van der Waals surface area contributed by atoms with Crippen LogP contribution < -0.4 is 0 Å². The van der Waals surface area contributed by atoms with Crippen molar-refractivity contribution in [2.75, 3.05) is 0 Å². The van der Waals surface area contributed by atoms with Crippen LogP contribution in [0.4, 0.5) is 0 Å². The van der Waals surface area contributed by atoms with Crippen LogP contribution in [0.2, 0.25) is 0 Å². The van der Waals surface area contributed by atoms with Crippen molar-refractivity contribution in [2.45, 2.75) is 0 Å². The molecule has 0 saturated carbocycles. The Labute approximate surface area is 148 Å². The van der Waals surface area contributed by atoms with Crippen molar-refractivity contribution in [1.29, 1.82) is 0 Å². The Morgan fingerprint density at radius 1 is 0.577 bits per heavy atom. The highest BCUT2D eigenvalue weighted by Gasteiger charge is 2.23. The van der Waals surface area contributed by atoms with E-state index in [4.69, 9.17) is 0 Å². The molecule has 130 valence electrons. The molecule has 6 heteroatoms. The molecule has 0 fully saturated rings. The van der Waals surface area contributed by atoms with Gasteiger partial charge in [0.2, 0.25) is 0 Å². The number of phenolic OH excluding ortho intramolecular Hbond substituents is 2. The summed E-state index contributed by atoms with van der Waals surface area (Å²) in [4.78, 5) is 23.3. The zero-order valence-corrected chi connectivity index (χ0v) is 13.4. The summed E-state index contributed by atoms with van der Waals surface area (Å²) in [6.07, 6.45) is 0. The number of carbonyl (C=O) groups is 2. The average molecular weight is 350 g/mol. The van der Waals surface area contributed by atoms with Crippen LogP contribution in [0, 0.1) is 0 Å². The van der Waals surface area contributed by atoms with Gasteiger partial charge in [-0.2, -0.15) is 0 Å². The number of benzene rings is 3. The highest BCUT2D eigenvalue weighted by molar-refractivity contribution is 6.07. The summed E-state index contributed by atoms with van der Waals surface area (Å²) in [6, 6.07) is 14.6. The van der Waals surface area contributed by atoms with Crippen molar-refractivity contribution in [1.82, 2.24) is 0 Å². The van der Waals surface area contributed by atoms with Gasteiger partial charge in [-0.15, -0.1) is 0 Å². The van der Waals surface area contributed by atoms with E-state index >= 15 is 0 Å². The molecule has 6 nitrogen and oxygen atoms in total. The lowest BCUT2D eigenvalue weighted by molar-refractivity contribution is 0.0696. The smallest absolute Gasteiger partial charge is 0.336 e. The van der Waals surface area contributed by atoms with Crippen LogP contribution in [0.1, 0.15) is 20.7 Å². The summed E-state index contributed by atoms with van der Waals surface area (Å²) in [7, 11) is 0. The molecule has 0 saturated heterocycles. The van der Waals surface area contributed by atoms with E-state index in [1.54, 1.807) is 24.3 Å². The Morgan fingerprint density at radius 3 is 1.46 bits per heavy atom. The van der Waals surface area contributed by atoms with Crippen LogP contribution in [0.5, 0.6) is 11.5 Å². The molecule has 0 heterocycles.